The Labute approximate surface area is 88.1 Å². The molecule has 0 bridgehead atoms. The van der Waals surface area contributed by atoms with Crippen molar-refractivity contribution >= 4 is 16.7 Å². The Morgan fingerprint density at radius 1 is 1.33 bits per heavy atom. The quantitative estimate of drug-likeness (QED) is 0.747. The number of ketones is 1. The number of aromatic nitrogens is 2. The van der Waals surface area contributed by atoms with E-state index in [1.54, 1.807) is 13.1 Å². The summed E-state index contributed by atoms with van der Waals surface area (Å²) < 4.78 is 0. The minimum absolute atomic E-state index is 0.120. The fourth-order valence-corrected chi connectivity index (χ4v) is 1.59. The second-order valence-corrected chi connectivity index (χ2v) is 3.65. The highest BCUT2D eigenvalue weighted by molar-refractivity contribution is 5.90. The standard InChI is InChI=1S/C12H12N2O/c1-8(9(2)15)11-7-13-14-12-6-4-3-5-10(11)12/h3-8H,1-2H3. The van der Waals surface area contributed by atoms with Gasteiger partial charge in [-0.3, -0.25) is 4.79 Å². The van der Waals surface area contributed by atoms with Crippen LogP contribution in [0.4, 0.5) is 0 Å². The molecule has 2 aromatic rings. The van der Waals surface area contributed by atoms with Crippen molar-refractivity contribution in [3.8, 4) is 0 Å². The number of benzene rings is 1. The largest absolute Gasteiger partial charge is 0.299 e. The Morgan fingerprint density at radius 3 is 2.80 bits per heavy atom. The van der Waals surface area contributed by atoms with Crippen LogP contribution in [-0.2, 0) is 4.79 Å². The van der Waals surface area contributed by atoms with Gasteiger partial charge in [-0.2, -0.15) is 10.2 Å². The van der Waals surface area contributed by atoms with Gasteiger partial charge in [0.15, 0.2) is 0 Å². The molecule has 0 aliphatic heterocycles. The van der Waals surface area contributed by atoms with Gasteiger partial charge in [0.2, 0.25) is 0 Å². The van der Waals surface area contributed by atoms with Crippen LogP contribution in [0.3, 0.4) is 0 Å². The molecule has 76 valence electrons. The van der Waals surface area contributed by atoms with Gasteiger partial charge in [-0.25, -0.2) is 0 Å². The molecule has 3 nitrogen and oxygen atoms in total. The van der Waals surface area contributed by atoms with Crippen molar-refractivity contribution in [2.75, 3.05) is 0 Å². The summed E-state index contributed by atoms with van der Waals surface area (Å²) in [7, 11) is 0. The predicted molar refractivity (Wildman–Crippen MR) is 58.6 cm³/mol. The molecule has 1 atom stereocenters. The lowest BCUT2D eigenvalue weighted by Crippen LogP contribution is -2.06. The van der Waals surface area contributed by atoms with E-state index < -0.39 is 0 Å². The fraction of sp³-hybridized carbons (Fsp3) is 0.250. The van der Waals surface area contributed by atoms with E-state index in [0.29, 0.717) is 0 Å². The van der Waals surface area contributed by atoms with Crippen LogP contribution in [0.1, 0.15) is 25.3 Å². The highest BCUT2D eigenvalue weighted by atomic mass is 16.1. The van der Waals surface area contributed by atoms with Crippen molar-refractivity contribution in [2.45, 2.75) is 19.8 Å². The van der Waals surface area contributed by atoms with Gasteiger partial charge in [-0.15, -0.1) is 0 Å². The van der Waals surface area contributed by atoms with Gasteiger partial charge >= 0.3 is 0 Å². The van der Waals surface area contributed by atoms with Gasteiger partial charge in [-0.1, -0.05) is 25.1 Å². The lowest BCUT2D eigenvalue weighted by molar-refractivity contribution is -0.118. The van der Waals surface area contributed by atoms with Crippen molar-refractivity contribution in [3.63, 3.8) is 0 Å². The number of nitrogens with zero attached hydrogens (tertiary/aromatic N) is 2. The molecular formula is C12H12N2O. The van der Waals surface area contributed by atoms with E-state index >= 15 is 0 Å². The van der Waals surface area contributed by atoms with Gasteiger partial charge in [0.1, 0.15) is 5.78 Å². The molecule has 0 amide bonds. The van der Waals surface area contributed by atoms with Crippen LogP contribution < -0.4 is 0 Å². The van der Waals surface area contributed by atoms with Crippen LogP contribution in [0.15, 0.2) is 30.5 Å². The molecule has 0 saturated carbocycles. The summed E-state index contributed by atoms with van der Waals surface area (Å²) in [5, 5.41) is 8.95. The average Bonchev–Trinajstić information content (AvgIpc) is 2.27. The van der Waals surface area contributed by atoms with Crippen molar-refractivity contribution in [1.82, 2.24) is 10.2 Å². The van der Waals surface area contributed by atoms with Crippen LogP contribution in [0.2, 0.25) is 0 Å². The number of carbonyl (C=O) groups is 1. The molecule has 0 fully saturated rings. The molecule has 15 heavy (non-hydrogen) atoms. The minimum Gasteiger partial charge on any atom is -0.299 e. The fourth-order valence-electron chi connectivity index (χ4n) is 1.59. The molecule has 1 unspecified atom stereocenters. The maximum absolute atomic E-state index is 11.3. The van der Waals surface area contributed by atoms with Gasteiger partial charge in [0.05, 0.1) is 11.7 Å². The van der Waals surface area contributed by atoms with Crippen LogP contribution in [0.25, 0.3) is 10.9 Å². The molecule has 1 aromatic heterocycles. The topological polar surface area (TPSA) is 42.9 Å². The summed E-state index contributed by atoms with van der Waals surface area (Å²) in [6, 6.07) is 7.73. The van der Waals surface area contributed by atoms with Gasteiger partial charge < -0.3 is 0 Å². The molecule has 0 radical (unpaired) electrons. The maximum atomic E-state index is 11.3. The van der Waals surface area contributed by atoms with Crippen molar-refractivity contribution in [2.24, 2.45) is 0 Å². The Kier molecular flexibility index (Phi) is 2.46. The lowest BCUT2D eigenvalue weighted by atomic mass is 9.96. The third-order valence-corrected chi connectivity index (χ3v) is 2.65. The lowest BCUT2D eigenvalue weighted by Gasteiger charge is -2.09. The van der Waals surface area contributed by atoms with Gasteiger partial charge in [-0.05, 0) is 18.6 Å². The molecule has 0 spiro atoms. The van der Waals surface area contributed by atoms with E-state index in [1.807, 2.05) is 31.2 Å². The normalized spacial score (nSPS) is 12.7. The summed E-state index contributed by atoms with van der Waals surface area (Å²) in [5.41, 5.74) is 1.79. The van der Waals surface area contributed by atoms with E-state index in [4.69, 9.17) is 0 Å². The first-order valence-corrected chi connectivity index (χ1v) is 4.91. The van der Waals surface area contributed by atoms with Crippen LogP contribution >= 0.6 is 0 Å². The number of carbonyl (C=O) groups excluding carboxylic acids is 1. The third-order valence-electron chi connectivity index (χ3n) is 2.65. The highest BCUT2D eigenvalue weighted by Crippen LogP contribution is 2.23. The van der Waals surface area contributed by atoms with Crippen LogP contribution in [0.5, 0.6) is 0 Å². The number of hydrogen-bond acceptors (Lipinski definition) is 3. The summed E-state index contributed by atoms with van der Waals surface area (Å²) >= 11 is 0. The zero-order valence-corrected chi connectivity index (χ0v) is 8.77. The van der Waals surface area contributed by atoms with Crippen molar-refractivity contribution < 1.29 is 4.79 Å². The molecule has 3 heteroatoms. The maximum Gasteiger partial charge on any atom is 0.137 e. The molecule has 0 aliphatic rings. The minimum atomic E-state index is -0.120. The SMILES string of the molecule is CC(=O)C(C)c1cnnc2ccccc12. The van der Waals surface area contributed by atoms with E-state index in [-0.39, 0.29) is 11.7 Å². The summed E-state index contributed by atoms with van der Waals surface area (Å²) in [6.45, 7) is 3.49. The monoisotopic (exact) mass is 200 g/mol. The zero-order chi connectivity index (χ0) is 10.8. The molecule has 2 rings (SSSR count). The predicted octanol–water partition coefficient (Wildman–Crippen LogP) is 2.32. The smallest absolute Gasteiger partial charge is 0.137 e. The summed E-state index contributed by atoms with van der Waals surface area (Å²) in [4.78, 5) is 11.3. The third kappa shape index (κ3) is 1.73. The van der Waals surface area contributed by atoms with E-state index in [1.165, 1.54) is 0 Å². The first-order chi connectivity index (χ1) is 7.20. The first-order valence-electron chi connectivity index (χ1n) is 4.91. The Bertz CT molecular complexity index is 502. The number of hydrogen-bond donors (Lipinski definition) is 0. The molecule has 1 heterocycles. The first kappa shape index (κ1) is 9.77. The summed E-state index contributed by atoms with van der Waals surface area (Å²) in [6.07, 6.45) is 1.67. The molecule has 0 aliphatic carbocycles. The second kappa shape index (κ2) is 3.77. The summed E-state index contributed by atoms with van der Waals surface area (Å²) in [5.74, 6) is 0.0264. The Morgan fingerprint density at radius 2 is 2.07 bits per heavy atom. The van der Waals surface area contributed by atoms with Gasteiger partial charge in [0.25, 0.3) is 0 Å². The van der Waals surface area contributed by atoms with Crippen molar-refractivity contribution in [1.29, 1.82) is 0 Å². The second-order valence-electron chi connectivity index (χ2n) is 3.65. The van der Waals surface area contributed by atoms with Gasteiger partial charge in [0, 0.05) is 11.3 Å². The van der Waals surface area contributed by atoms with Crippen LogP contribution in [0, 0.1) is 0 Å². The Hall–Kier alpha value is -1.77. The number of fused-ring (bicyclic) bond motifs is 1. The van der Waals surface area contributed by atoms with E-state index in [0.717, 1.165) is 16.5 Å². The zero-order valence-electron chi connectivity index (χ0n) is 8.77. The van der Waals surface area contributed by atoms with Crippen LogP contribution in [-0.4, -0.2) is 16.0 Å². The van der Waals surface area contributed by atoms with E-state index in [2.05, 4.69) is 10.2 Å². The average molecular weight is 200 g/mol. The molecule has 0 saturated heterocycles. The number of Topliss-reactive ketones (excluding diaryl/α,β-unsaturated/α-hetero) is 1. The Balaban J connectivity index is 2.65. The number of rotatable bonds is 2. The van der Waals surface area contributed by atoms with Crippen molar-refractivity contribution in [3.05, 3.63) is 36.0 Å². The molecular weight excluding hydrogens is 188 g/mol. The molecule has 1 aromatic carbocycles. The molecule has 0 N–H and O–H groups in total. The highest BCUT2D eigenvalue weighted by Gasteiger charge is 2.14. The van der Waals surface area contributed by atoms with E-state index in [9.17, 15) is 4.79 Å².